The summed E-state index contributed by atoms with van der Waals surface area (Å²) in [5, 5.41) is 8.89. The van der Waals surface area contributed by atoms with E-state index in [0.717, 1.165) is 0 Å². The van der Waals surface area contributed by atoms with Gasteiger partial charge in [0.15, 0.2) is 18.0 Å². The first-order valence-electron chi connectivity index (χ1n) is 4.20. The Morgan fingerprint density at radius 2 is 2.15 bits per heavy atom. The van der Waals surface area contributed by atoms with Crippen molar-refractivity contribution in [1.82, 2.24) is 0 Å². The Morgan fingerprint density at radius 3 is 2.77 bits per heavy atom. The third kappa shape index (κ3) is 1.33. The van der Waals surface area contributed by atoms with Gasteiger partial charge >= 0.3 is 5.97 Å². The molecule has 3 atom stereocenters. The van der Waals surface area contributed by atoms with Gasteiger partial charge in [-0.3, -0.25) is 0 Å². The summed E-state index contributed by atoms with van der Waals surface area (Å²) in [4.78, 5) is 11.2. The molecule has 0 saturated carbocycles. The maximum absolute atomic E-state index is 11.2. The van der Waals surface area contributed by atoms with E-state index in [9.17, 15) is 4.79 Å². The minimum atomic E-state index is -0.762. The maximum atomic E-state index is 11.2. The van der Waals surface area contributed by atoms with Crippen LogP contribution in [0.5, 0.6) is 0 Å². The number of carbonyl (C=O) groups excluding carboxylic acids is 1. The standard InChI is InChI=1S/C8H12O5/c1-8(2)12-5-4(3-9)11-7(10)6(5)13-8/h4-6,9H,3H2,1-2H3/t4-,5-,6-/m0/s1. The Morgan fingerprint density at radius 1 is 1.46 bits per heavy atom. The van der Waals surface area contributed by atoms with E-state index < -0.39 is 30.1 Å². The van der Waals surface area contributed by atoms with Gasteiger partial charge in [0.05, 0.1) is 6.61 Å². The average molecular weight is 188 g/mol. The predicted octanol–water partition coefficient (Wildman–Crippen LogP) is -0.576. The zero-order valence-corrected chi connectivity index (χ0v) is 7.52. The number of fused-ring (bicyclic) bond motifs is 1. The van der Waals surface area contributed by atoms with Crippen molar-refractivity contribution in [2.75, 3.05) is 6.61 Å². The fourth-order valence-corrected chi connectivity index (χ4v) is 1.67. The van der Waals surface area contributed by atoms with Crippen molar-refractivity contribution in [3.05, 3.63) is 0 Å². The summed E-state index contributed by atoms with van der Waals surface area (Å²) in [6.07, 6.45) is -1.72. The van der Waals surface area contributed by atoms with E-state index in [4.69, 9.17) is 19.3 Å². The lowest BCUT2D eigenvalue weighted by atomic mass is 10.1. The number of esters is 1. The van der Waals surface area contributed by atoms with Crippen molar-refractivity contribution >= 4 is 5.97 Å². The lowest BCUT2D eigenvalue weighted by Gasteiger charge is -2.20. The molecule has 5 nitrogen and oxygen atoms in total. The van der Waals surface area contributed by atoms with E-state index in [1.165, 1.54) is 0 Å². The lowest BCUT2D eigenvalue weighted by Crippen LogP contribution is -2.31. The number of carbonyl (C=O) groups is 1. The summed E-state index contributed by atoms with van der Waals surface area (Å²) < 4.78 is 15.6. The van der Waals surface area contributed by atoms with Crippen LogP contribution < -0.4 is 0 Å². The van der Waals surface area contributed by atoms with Crippen LogP contribution in [-0.2, 0) is 19.0 Å². The van der Waals surface area contributed by atoms with Crippen LogP contribution >= 0.6 is 0 Å². The molecule has 2 heterocycles. The second-order valence-electron chi connectivity index (χ2n) is 3.68. The third-order valence-electron chi connectivity index (χ3n) is 2.18. The molecule has 2 saturated heterocycles. The summed E-state index contributed by atoms with van der Waals surface area (Å²) in [7, 11) is 0. The second-order valence-corrected chi connectivity index (χ2v) is 3.68. The first kappa shape index (κ1) is 8.93. The molecule has 0 radical (unpaired) electrons. The maximum Gasteiger partial charge on any atom is 0.338 e. The van der Waals surface area contributed by atoms with E-state index in [2.05, 4.69) is 0 Å². The molecule has 0 aromatic carbocycles. The Kier molecular flexibility index (Phi) is 1.83. The van der Waals surface area contributed by atoms with Gasteiger partial charge in [-0.05, 0) is 13.8 Å². The molecule has 5 heteroatoms. The SMILES string of the molecule is CC1(C)O[C@H]2[C@H](CO)OC(=O)[C@H]2O1. The zero-order valence-electron chi connectivity index (χ0n) is 7.52. The number of hydrogen-bond donors (Lipinski definition) is 1. The number of aliphatic hydroxyl groups excluding tert-OH is 1. The molecule has 13 heavy (non-hydrogen) atoms. The van der Waals surface area contributed by atoms with E-state index in [-0.39, 0.29) is 6.61 Å². The summed E-state index contributed by atoms with van der Waals surface area (Å²) in [5.74, 6) is -1.21. The highest BCUT2D eigenvalue weighted by molar-refractivity contribution is 5.78. The molecule has 0 amide bonds. The van der Waals surface area contributed by atoms with Crippen LogP contribution in [0.2, 0.25) is 0 Å². The Bertz CT molecular complexity index is 237. The van der Waals surface area contributed by atoms with Gasteiger partial charge < -0.3 is 19.3 Å². The van der Waals surface area contributed by atoms with E-state index in [1.54, 1.807) is 13.8 Å². The molecule has 2 aliphatic rings. The monoisotopic (exact) mass is 188 g/mol. The van der Waals surface area contributed by atoms with Gasteiger partial charge in [0, 0.05) is 0 Å². The summed E-state index contributed by atoms with van der Waals surface area (Å²) in [6.45, 7) is 3.23. The van der Waals surface area contributed by atoms with Crippen molar-refractivity contribution in [2.45, 2.75) is 37.9 Å². The van der Waals surface area contributed by atoms with Crippen molar-refractivity contribution in [3.63, 3.8) is 0 Å². The summed E-state index contributed by atoms with van der Waals surface area (Å²) in [6, 6.07) is 0. The minimum Gasteiger partial charge on any atom is -0.455 e. The Labute approximate surface area is 75.6 Å². The molecule has 0 aliphatic carbocycles. The average Bonchev–Trinajstić information content (AvgIpc) is 2.47. The molecular formula is C8H12O5. The summed E-state index contributed by atoms with van der Waals surface area (Å²) in [5.41, 5.74) is 0. The van der Waals surface area contributed by atoms with Crippen LogP contribution in [-0.4, -0.2) is 41.8 Å². The lowest BCUT2D eigenvalue weighted by molar-refractivity contribution is -0.188. The molecule has 1 N–H and O–H groups in total. The molecule has 74 valence electrons. The highest BCUT2D eigenvalue weighted by atomic mass is 16.8. The van der Waals surface area contributed by atoms with Gasteiger partial charge in [0.2, 0.25) is 0 Å². The third-order valence-corrected chi connectivity index (χ3v) is 2.18. The van der Waals surface area contributed by atoms with Gasteiger partial charge in [-0.25, -0.2) is 4.79 Å². The molecule has 2 aliphatic heterocycles. The van der Waals surface area contributed by atoms with Crippen molar-refractivity contribution < 1.29 is 24.1 Å². The predicted molar refractivity (Wildman–Crippen MR) is 40.8 cm³/mol. The van der Waals surface area contributed by atoms with Gasteiger partial charge in [0.25, 0.3) is 0 Å². The molecule has 2 fully saturated rings. The normalized spacial score (nSPS) is 41.8. The number of aliphatic hydroxyl groups is 1. The second kappa shape index (κ2) is 2.67. The molecule has 0 aromatic heterocycles. The van der Waals surface area contributed by atoms with Crippen molar-refractivity contribution in [3.8, 4) is 0 Å². The van der Waals surface area contributed by atoms with Crippen LogP contribution in [0.15, 0.2) is 0 Å². The molecule has 0 spiro atoms. The number of cyclic esters (lactones) is 1. The van der Waals surface area contributed by atoms with Gasteiger partial charge in [0.1, 0.15) is 6.10 Å². The topological polar surface area (TPSA) is 65.0 Å². The van der Waals surface area contributed by atoms with E-state index in [1.807, 2.05) is 0 Å². The van der Waals surface area contributed by atoms with E-state index >= 15 is 0 Å². The first-order valence-corrected chi connectivity index (χ1v) is 4.20. The molecular weight excluding hydrogens is 176 g/mol. The Balaban J connectivity index is 2.17. The van der Waals surface area contributed by atoms with Gasteiger partial charge in [-0.2, -0.15) is 0 Å². The van der Waals surface area contributed by atoms with Crippen LogP contribution in [0.1, 0.15) is 13.8 Å². The van der Waals surface area contributed by atoms with Crippen LogP contribution in [0.3, 0.4) is 0 Å². The first-order chi connectivity index (χ1) is 6.03. The quantitative estimate of drug-likeness (QED) is 0.558. The smallest absolute Gasteiger partial charge is 0.338 e. The molecule has 0 unspecified atom stereocenters. The number of hydrogen-bond acceptors (Lipinski definition) is 5. The van der Waals surface area contributed by atoms with Crippen LogP contribution in [0, 0.1) is 0 Å². The fourth-order valence-electron chi connectivity index (χ4n) is 1.67. The summed E-state index contributed by atoms with van der Waals surface area (Å²) >= 11 is 0. The molecule has 0 bridgehead atoms. The van der Waals surface area contributed by atoms with Gasteiger partial charge in [-0.15, -0.1) is 0 Å². The van der Waals surface area contributed by atoms with Crippen LogP contribution in [0.25, 0.3) is 0 Å². The van der Waals surface area contributed by atoms with E-state index in [0.29, 0.717) is 0 Å². The van der Waals surface area contributed by atoms with Gasteiger partial charge in [-0.1, -0.05) is 0 Å². The highest BCUT2D eigenvalue weighted by Gasteiger charge is 2.55. The van der Waals surface area contributed by atoms with Crippen molar-refractivity contribution in [1.29, 1.82) is 0 Å². The highest BCUT2D eigenvalue weighted by Crippen LogP contribution is 2.35. The molecule has 0 aromatic rings. The minimum absolute atomic E-state index is 0.230. The fraction of sp³-hybridized carbons (Fsp3) is 0.875. The number of ether oxygens (including phenoxy) is 3. The number of rotatable bonds is 1. The zero-order chi connectivity index (χ0) is 9.64. The Hall–Kier alpha value is -0.650. The van der Waals surface area contributed by atoms with Crippen molar-refractivity contribution in [2.24, 2.45) is 0 Å². The largest absolute Gasteiger partial charge is 0.455 e. The van der Waals surface area contributed by atoms with Crippen LogP contribution in [0.4, 0.5) is 0 Å². The molecule has 2 rings (SSSR count).